The van der Waals surface area contributed by atoms with Crippen molar-refractivity contribution >= 4 is 5.91 Å². The predicted octanol–water partition coefficient (Wildman–Crippen LogP) is 2.15. The van der Waals surface area contributed by atoms with E-state index in [-0.39, 0.29) is 18.1 Å². The molecule has 1 aliphatic carbocycles. The summed E-state index contributed by atoms with van der Waals surface area (Å²) in [4.78, 5) is 17.0. The predicted molar refractivity (Wildman–Crippen MR) is 96.9 cm³/mol. The first-order valence-corrected chi connectivity index (χ1v) is 9.17. The molecule has 0 bridgehead atoms. The number of hydrogen-bond donors (Lipinski definition) is 1. The van der Waals surface area contributed by atoms with E-state index in [1.165, 1.54) is 0 Å². The summed E-state index contributed by atoms with van der Waals surface area (Å²) in [5.74, 6) is 0.102. The third-order valence-corrected chi connectivity index (χ3v) is 5.53. The van der Waals surface area contributed by atoms with Gasteiger partial charge in [-0.25, -0.2) is 0 Å². The van der Waals surface area contributed by atoms with Gasteiger partial charge in [0, 0.05) is 55.9 Å². The van der Waals surface area contributed by atoms with Gasteiger partial charge in [0.15, 0.2) is 0 Å². The minimum Gasteiger partial charge on any atom is -0.391 e. The molecule has 1 N–H and O–H groups in total. The Kier molecular flexibility index (Phi) is 4.59. The molecular formula is C20H25N3O2. The van der Waals surface area contributed by atoms with E-state index in [0.717, 1.165) is 56.7 Å². The van der Waals surface area contributed by atoms with Crippen LogP contribution in [0.4, 0.5) is 0 Å². The maximum absolute atomic E-state index is 12.7. The molecule has 2 atom stereocenters. The topological polar surface area (TPSA) is 48.7 Å². The molecule has 1 aromatic carbocycles. The second-order valence-electron chi connectivity index (χ2n) is 7.03. The third-order valence-electron chi connectivity index (χ3n) is 5.53. The summed E-state index contributed by atoms with van der Waals surface area (Å²) in [6.45, 7) is 3.19. The van der Waals surface area contributed by atoms with E-state index >= 15 is 0 Å². The second-order valence-corrected chi connectivity index (χ2v) is 7.03. The number of piperazine rings is 1. The van der Waals surface area contributed by atoms with Crippen molar-refractivity contribution in [1.29, 1.82) is 0 Å². The van der Waals surface area contributed by atoms with Crippen LogP contribution in [0.1, 0.15) is 29.6 Å². The molecule has 2 fully saturated rings. The highest BCUT2D eigenvalue weighted by Gasteiger charge is 2.33. The van der Waals surface area contributed by atoms with Crippen LogP contribution in [0.5, 0.6) is 0 Å². The summed E-state index contributed by atoms with van der Waals surface area (Å²) in [6, 6.07) is 12.0. The van der Waals surface area contributed by atoms with Crippen LogP contribution in [-0.4, -0.2) is 63.7 Å². The number of hydrogen-bond acceptors (Lipinski definition) is 3. The van der Waals surface area contributed by atoms with Crippen LogP contribution >= 0.6 is 0 Å². The van der Waals surface area contributed by atoms with E-state index in [1.54, 1.807) is 0 Å². The summed E-state index contributed by atoms with van der Waals surface area (Å²) in [5, 5.41) is 10.1. The summed E-state index contributed by atoms with van der Waals surface area (Å²) >= 11 is 0. The highest BCUT2D eigenvalue weighted by molar-refractivity contribution is 5.94. The standard InChI is InChI=1S/C20H25N3O2/c24-19-5-3-4-18(19)22-12-14-23(15-13-22)20(25)16-6-8-17(9-7-16)21-10-1-2-11-21/h1-2,6-11,18-19,24H,3-5,12-15H2/t18-,19-/m0/s1. The lowest BCUT2D eigenvalue weighted by molar-refractivity contribution is 0.0315. The molecule has 1 amide bonds. The molecule has 2 aliphatic rings. The molecule has 1 aromatic heterocycles. The molecule has 0 unspecified atom stereocenters. The first-order chi connectivity index (χ1) is 12.2. The minimum atomic E-state index is -0.191. The van der Waals surface area contributed by atoms with Crippen LogP contribution in [0, 0.1) is 0 Å². The van der Waals surface area contributed by atoms with Crippen molar-refractivity contribution < 1.29 is 9.90 Å². The molecule has 5 nitrogen and oxygen atoms in total. The van der Waals surface area contributed by atoms with Gasteiger partial charge < -0.3 is 14.6 Å². The van der Waals surface area contributed by atoms with E-state index in [2.05, 4.69) is 4.90 Å². The van der Waals surface area contributed by atoms with Crippen LogP contribution in [0.2, 0.25) is 0 Å². The number of nitrogens with zero attached hydrogens (tertiary/aromatic N) is 3. The maximum Gasteiger partial charge on any atom is 0.253 e. The van der Waals surface area contributed by atoms with Gasteiger partial charge in [-0.1, -0.05) is 0 Å². The van der Waals surface area contributed by atoms with Crippen LogP contribution < -0.4 is 0 Å². The lowest BCUT2D eigenvalue weighted by Crippen LogP contribution is -2.53. The van der Waals surface area contributed by atoms with Crippen LogP contribution in [0.25, 0.3) is 5.69 Å². The fourth-order valence-electron chi connectivity index (χ4n) is 4.07. The smallest absolute Gasteiger partial charge is 0.253 e. The number of benzene rings is 1. The molecule has 4 rings (SSSR count). The van der Waals surface area contributed by atoms with Crippen LogP contribution in [0.15, 0.2) is 48.8 Å². The molecule has 1 saturated heterocycles. The Labute approximate surface area is 148 Å². The molecule has 2 heterocycles. The summed E-state index contributed by atoms with van der Waals surface area (Å²) in [5.41, 5.74) is 1.80. The van der Waals surface area contributed by atoms with Crippen molar-refractivity contribution in [2.75, 3.05) is 26.2 Å². The molecule has 1 saturated carbocycles. The molecule has 0 radical (unpaired) electrons. The number of aliphatic hydroxyl groups excluding tert-OH is 1. The second kappa shape index (κ2) is 7.02. The van der Waals surface area contributed by atoms with Crippen LogP contribution in [-0.2, 0) is 0 Å². The Morgan fingerprint density at radius 1 is 0.960 bits per heavy atom. The molecule has 132 valence electrons. The largest absolute Gasteiger partial charge is 0.391 e. The molecule has 0 spiro atoms. The Bertz CT molecular complexity index is 703. The molecule has 5 heteroatoms. The molecule has 1 aliphatic heterocycles. The van der Waals surface area contributed by atoms with Crippen molar-refractivity contribution in [2.45, 2.75) is 31.4 Å². The van der Waals surface area contributed by atoms with Crippen molar-refractivity contribution in [1.82, 2.24) is 14.4 Å². The molecule has 2 aromatic rings. The molecular weight excluding hydrogens is 314 g/mol. The first-order valence-electron chi connectivity index (χ1n) is 9.17. The van der Waals surface area contributed by atoms with Crippen molar-refractivity contribution in [2.24, 2.45) is 0 Å². The van der Waals surface area contributed by atoms with Crippen molar-refractivity contribution in [3.05, 3.63) is 54.4 Å². The number of rotatable bonds is 3. The number of amides is 1. The summed E-state index contributed by atoms with van der Waals surface area (Å²) in [7, 11) is 0. The third kappa shape index (κ3) is 3.34. The number of aliphatic hydroxyl groups is 1. The highest BCUT2D eigenvalue weighted by atomic mass is 16.3. The lowest BCUT2D eigenvalue weighted by Gasteiger charge is -2.39. The SMILES string of the molecule is O=C(c1ccc(-n2cccc2)cc1)N1CCN([C@H]2CCC[C@@H]2O)CC1. The van der Waals surface area contributed by atoms with Crippen molar-refractivity contribution in [3.63, 3.8) is 0 Å². The Morgan fingerprint density at radius 2 is 1.64 bits per heavy atom. The fraction of sp³-hybridized carbons (Fsp3) is 0.450. The molecule has 25 heavy (non-hydrogen) atoms. The van der Waals surface area contributed by atoms with Gasteiger partial charge in [-0.2, -0.15) is 0 Å². The van der Waals surface area contributed by atoms with E-state index < -0.39 is 0 Å². The van der Waals surface area contributed by atoms with Gasteiger partial charge in [-0.15, -0.1) is 0 Å². The number of aromatic nitrogens is 1. The summed E-state index contributed by atoms with van der Waals surface area (Å²) in [6.07, 6.45) is 6.90. The normalized spacial score (nSPS) is 24.6. The average Bonchev–Trinajstić information content (AvgIpc) is 3.33. The Hall–Kier alpha value is -2.11. The van der Waals surface area contributed by atoms with Gasteiger partial charge in [-0.05, 0) is 55.7 Å². The van der Waals surface area contributed by atoms with Gasteiger partial charge in [0.05, 0.1) is 6.10 Å². The zero-order valence-electron chi connectivity index (χ0n) is 14.4. The maximum atomic E-state index is 12.7. The van der Waals surface area contributed by atoms with Crippen molar-refractivity contribution in [3.8, 4) is 5.69 Å². The monoisotopic (exact) mass is 339 g/mol. The minimum absolute atomic E-state index is 0.102. The zero-order chi connectivity index (χ0) is 17.2. The van der Waals surface area contributed by atoms with Gasteiger partial charge >= 0.3 is 0 Å². The van der Waals surface area contributed by atoms with E-state index in [1.807, 2.05) is 58.3 Å². The first kappa shape index (κ1) is 16.4. The lowest BCUT2D eigenvalue weighted by atomic mass is 10.1. The number of carbonyl (C=O) groups excluding carboxylic acids is 1. The van der Waals surface area contributed by atoms with Gasteiger partial charge in [0.1, 0.15) is 0 Å². The van der Waals surface area contributed by atoms with E-state index in [4.69, 9.17) is 0 Å². The number of carbonyl (C=O) groups is 1. The van der Waals surface area contributed by atoms with Gasteiger partial charge in [-0.3, -0.25) is 9.69 Å². The van der Waals surface area contributed by atoms with Gasteiger partial charge in [0.25, 0.3) is 5.91 Å². The Balaban J connectivity index is 1.37. The average molecular weight is 339 g/mol. The van der Waals surface area contributed by atoms with E-state index in [9.17, 15) is 9.90 Å². The van der Waals surface area contributed by atoms with E-state index in [0.29, 0.717) is 0 Å². The van der Waals surface area contributed by atoms with Crippen LogP contribution in [0.3, 0.4) is 0 Å². The Morgan fingerprint density at radius 3 is 2.24 bits per heavy atom. The summed E-state index contributed by atoms with van der Waals surface area (Å²) < 4.78 is 2.03. The quantitative estimate of drug-likeness (QED) is 0.932. The van der Waals surface area contributed by atoms with Gasteiger partial charge in [0.2, 0.25) is 0 Å². The fourth-order valence-corrected chi connectivity index (χ4v) is 4.07. The highest BCUT2D eigenvalue weighted by Crippen LogP contribution is 2.25. The zero-order valence-corrected chi connectivity index (χ0v) is 14.4.